The zero-order valence-corrected chi connectivity index (χ0v) is 14.7. The summed E-state index contributed by atoms with van der Waals surface area (Å²) < 4.78 is 0.894. The van der Waals surface area contributed by atoms with E-state index in [1.807, 2.05) is 0 Å². The third-order valence-corrected chi connectivity index (χ3v) is 4.64. The lowest BCUT2D eigenvalue weighted by Gasteiger charge is -2.08. The number of hydrogen-bond acceptors (Lipinski definition) is 4. The van der Waals surface area contributed by atoms with E-state index in [2.05, 4.69) is 31.5 Å². The number of amides is 2. The molecule has 5 nitrogen and oxygen atoms in total. The lowest BCUT2D eigenvalue weighted by Crippen LogP contribution is -2.13. The number of hydrogen-bond donors (Lipinski definition) is 2. The first kappa shape index (κ1) is 16.4. The molecule has 0 fully saturated rings. The number of halogens is 1. The van der Waals surface area contributed by atoms with Gasteiger partial charge in [-0.25, -0.2) is 0 Å². The van der Waals surface area contributed by atoms with Crippen LogP contribution < -0.4 is 10.6 Å². The second-order valence-electron chi connectivity index (χ2n) is 4.87. The molecule has 2 heterocycles. The smallest absolute Gasteiger partial charge is 0.257 e. The number of pyridine rings is 1. The fourth-order valence-electron chi connectivity index (χ4n) is 2.01. The number of nitrogens with one attached hydrogen (secondary N) is 2. The first-order chi connectivity index (χ1) is 11.6. The minimum atomic E-state index is -0.256. The quantitative estimate of drug-likeness (QED) is 0.679. The summed E-state index contributed by atoms with van der Waals surface area (Å²) in [6.07, 6.45) is 3.10. The van der Waals surface area contributed by atoms with Gasteiger partial charge in [-0.15, -0.1) is 11.3 Å². The average Bonchev–Trinajstić information content (AvgIpc) is 3.02. The average molecular weight is 402 g/mol. The van der Waals surface area contributed by atoms with Crippen molar-refractivity contribution in [1.82, 2.24) is 4.98 Å². The summed E-state index contributed by atoms with van der Waals surface area (Å²) in [5.74, 6) is -0.457. The van der Waals surface area contributed by atoms with Crippen LogP contribution in [0.2, 0.25) is 0 Å². The summed E-state index contributed by atoms with van der Waals surface area (Å²) in [6, 6.07) is 12.1. The fraction of sp³-hybridized carbons (Fsp3) is 0. The molecule has 2 N–H and O–H groups in total. The van der Waals surface area contributed by atoms with Crippen LogP contribution in [0.3, 0.4) is 0 Å². The van der Waals surface area contributed by atoms with E-state index in [0.717, 1.165) is 3.79 Å². The Balaban J connectivity index is 1.70. The maximum atomic E-state index is 12.2. The van der Waals surface area contributed by atoms with Gasteiger partial charge in [0.05, 0.1) is 14.9 Å². The minimum Gasteiger partial charge on any atom is -0.322 e. The van der Waals surface area contributed by atoms with Crippen LogP contribution in [0.25, 0.3) is 0 Å². The summed E-state index contributed by atoms with van der Waals surface area (Å²) >= 11 is 4.78. The van der Waals surface area contributed by atoms with E-state index < -0.39 is 0 Å². The zero-order chi connectivity index (χ0) is 16.9. The molecule has 0 radical (unpaired) electrons. The molecule has 0 atom stereocenters. The van der Waals surface area contributed by atoms with Gasteiger partial charge in [0.2, 0.25) is 0 Å². The Morgan fingerprint density at radius 3 is 2.25 bits per heavy atom. The van der Waals surface area contributed by atoms with Crippen molar-refractivity contribution in [2.45, 2.75) is 0 Å². The van der Waals surface area contributed by atoms with Crippen LogP contribution in [0, 0.1) is 0 Å². The van der Waals surface area contributed by atoms with E-state index in [-0.39, 0.29) is 11.8 Å². The normalized spacial score (nSPS) is 10.2. The zero-order valence-electron chi connectivity index (χ0n) is 12.3. The molecule has 0 spiro atoms. The van der Waals surface area contributed by atoms with Gasteiger partial charge in [-0.1, -0.05) is 6.07 Å². The van der Waals surface area contributed by atoms with Gasteiger partial charge < -0.3 is 10.6 Å². The molecule has 0 bridgehead atoms. The van der Waals surface area contributed by atoms with Crippen molar-refractivity contribution in [1.29, 1.82) is 0 Å². The molecule has 1 aromatic carbocycles. The number of thiophene rings is 1. The molecular formula is C17H12BrN3O2S. The Bertz CT molecular complexity index is 880. The fourth-order valence-corrected chi connectivity index (χ4v) is 3.14. The highest BCUT2D eigenvalue weighted by molar-refractivity contribution is 9.11. The van der Waals surface area contributed by atoms with Gasteiger partial charge in [0, 0.05) is 29.1 Å². The van der Waals surface area contributed by atoms with Crippen LogP contribution in [-0.2, 0) is 0 Å². The Morgan fingerprint density at radius 2 is 1.67 bits per heavy atom. The van der Waals surface area contributed by atoms with Gasteiger partial charge in [0.15, 0.2) is 0 Å². The molecule has 3 aromatic rings. The molecule has 24 heavy (non-hydrogen) atoms. The third-order valence-electron chi connectivity index (χ3n) is 3.13. The van der Waals surface area contributed by atoms with Gasteiger partial charge in [0.25, 0.3) is 11.8 Å². The lowest BCUT2D eigenvalue weighted by molar-refractivity contribution is 0.101. The van der Waals surface area contributed by atoms with E-state index >= 15 is 0 Å². The number of benzene rings is 1. The van der Waals surface area contributed by atoms with Crippen molar-refractivity contribution in [3.8, 4) is 0 Å². The van der Waals surface area contributed by atoms with Crippen molar-refractivity contribution in [2.75, 3.05) is 10.6 Å². The number of anilines is 2. The number of aromatic nitrogens is 1. The molecule has 0 saturated heterocycles. The highest BCUT2D eigenvalue weighted by Gasteiger charge is 2.10. The van der Waals surface area contributed by atoms with E-state index in [9.17, 15) is 9.59 Å². The van der Waals surface area contributed by atoms with Crippen LogP contribution in [0.4, 0.5) is 11.4 Å². The molecule has 0 aliphatic heterocycles. The molecular weight excluding hydrogens is 390 g/mol. The van der Waals surface area contributed by atoms with Crippen LogP contribution in [-0.4, -0.2) is 16.8 Å². The standard InChI is InChI=1S/C17H12BrN3O2S/c18-15-7-12(10-24-15)17(23)21-14-5-1-4-13(8-14)20-16(22)11-3-2-6-19-9-11/h1-10H,(H,20,22)(H,21,23). The first-order valence-corrected chi connectivity index (χ1v) is 8.66. The number of carbonyl (C=O) groups excluding carboxylic acids is 2. The molecule has 0 aliphatic rings. The van der Waals surface area contributed by atoms with Crippen LogP contribution in [0.15, 0.2) is 64.0 Å². The summed E-state index contributed by atoms with van der Waals surface area (Å²) in [5, 5.41) is 7.36. The lowest BCUT2D eigenvalue weighted by atomic mass is 10.2. The molecule has 0 aliphatic carbocycles. The molecule has 2 amide bonds. The maximum Gasteiger partial charge on any atom is 0.257 e. The van der Waals surface area contributed by atoms with Crippen molar-refractivity contribution >= 4 is 50.5 Å². The predicted molar refractivity (Wildman–Crippen MR) is 98.6 cm³/mol. The van der Waals surface area contributed by atoms with Gasteiger partial charge in [-0.2, -0.15) is 0 Å². The van der Waals surface area contributed by atoms with Gasteiger partial charge in [0.1, 0.15) is 0 Å². The largest absolute Gasteiger partial charge is 0.322 e. The third kappa shape index (κ3) is 4.06. The first-order valence-electron chi connectivity index (χ1n) is 6.98. The highest BCUT2D eigenvalue weighted by Crippen LogP contribution is 2.22. The monoisotopic (exact) mass is 401 g/mol. The van der Waals surface area contributed by atoms with Crippen LogP contribution in [0.1, 0.15) is 20.7 Å². The molecule has 0 unspecified atom stereocenters. The van der Waals surface area contributed by atoms with Crippen molar-refractivity contribution in [2.24, 2.45) is 0 Å². The summed E-state index contributed by atoms with van der Waals surface area (Å²) in [7, 11) is 0. The molecule has 2 aromatic heterocycles. The van der Waals surface area contributed by atoms with E-state index in [4.69, 9.17) is 0 Å². The van der Waals surface area contributed by atoms with Crippen LogP contribution in [0.5, 0.6) is 0 Å². The Labute approximate surface area is 150 Å². The number of nitrogens with zero attached hydrogens (tertiary/aromatic N) is 1. The second-order valence-corrected chi connectivity index (χ2v) is 7.16. The highest BCUT2D eigenvalue weighted by atomic mass is 79.9. The minimum absolute atomic E-state index is 0.201. The molecule has 0 saturated carbocycles. The van der Waals surface area contributed by atoms with E-state index in [1.54, 1.807) is 54.0 Å². The summed E-state index contributed by atoms with van der Waals surface area (Å²) in [6.45, 7) is 0. The molecule has 7 heteroatoms. The van der Waals surface area contributed by atoms with Crippen molar-refractivity contribution in [3.05, 3.63) is 75.2 Å². The van der Waals surface area contributed by atoms with Gasteiger partial charge in [-0.05, 0) is 52.3 Å². The predicted octanol–water partition coefficient (Wildman–Crippen LogP) is 4.41. The Hall–Kier alpha value is -2.51. The van der Waals surface area contributed by atoms with E-state index in [0.29, 0.717) is 22.5 Å². The van der Waals surface area contributed by atoms with Crippen molar-refractivity contribution in [3.63, 3.8) is 0 Å². The maximum absolute atomic E-state index is 12.2. The van der Waals surface area contributed by atoms with Gasteiger partial charge in [-0.3, -0.25) is 14.6 Å². The second kappa shape index (κ2) is 7.37. The molecule has 3 rings (SSSR count). The Morgan fingerprint density at radius 1 is 0.958 bits per heavy atom. The van der Waals surface area contributed by atoms with Gasteiger partial charge >= 0.3 is 0 Å². The summed E-state index contributed by atoms with van der Waals surface area (Å²) in [5.41, 5.74) is 2.24. The molecule has 120 valence electrons. The SMILES string of the molecule is O=C(Nc1cccc(NC(=O)c2csc(Br)c2)c1)c1cccnc1. The van der Waals surface area contributed by atoms with Crippen LogP contribution >= 0.6 is 27.3 Å². The van der Waals surface area contributed by atoms with Crippen molar-refractivity contribution < 1.29 is 9.59 Å². The number of carbonyl (C=O) groups is 2. The van der Waals surface area contributed by atoms with E-state index in [1.165, 1.54) is 17.5 Å². The summed E-state index contributed by atoms with van der Waals surface area (Å²) in [4.78, 5) is 28.2. The topological polar surface area (TPSA) is 71.1 Å². The Kier molecular flexibility index (Phi) is 5.02. The number of rotatable bonds is 4.